The number of methoxy groups -OCH3 is 1. The molecule has 5 heteroatoms. The number of benzene rings is 1. The lowest BCUT2D eigenvalue weighted by molar-refractivity contribution is 0.348. The van der Waals surface area contributed by atoms with Gasteiger partial charge in [-0.25, -0.2) is 4.39 Å². The molecular weight excluding hydrogens is 204 g/mol. The van der Waals surface area contributed by atoms with Crippen LogP contribution in [-0.4, -0.2) is 25.8 Å². The molecule has 0 spiro atoms. The van der Waals surface area contributed by atoms with Crippen LogP contribution in [-0.2, 0) is 6.42 Å². The Morgan fingerprint density at radius 2 is 2.07 bits per heavy atom. The highest BCUT2D eigenvalue weighted by Crippen LogP contribution is 2.31. The molecule has 0 aliphatic carbocycles. The molecular formula is C10H13F2NO2. The average Bonchev–Trinajstić information content (AvgIpc) is 2.25. The van der Waals surface area contributed by atoms with Gasteiger partial charge < -0.3 is 15.2 Å². The van der Waals surface area contributed by atoms with E-state index in [4.69, 9.17) is 5.11 Å². The van der Waals surface area contributed by atoms with E-state index < -0.39 is 17.4 Å². The molecule has 1 aromatic carbocycles. The number of hydrogen-bond donors (Lipinski definition) is 2. The largest absolute Gasteiger partial charge is 0.503 e. The number of halogens is 2. The van der Waals surface area contributed by atoms with E-state index in [1.54, 1.807) is 7.05 Å². The summed E-state index contributed by atoms with van der Waals surface area (Å²) >= 11 is 0. The van der Waals surface area contributed by atoms with Gasteiger partial charge in [0.25, 0.3) is 0 Å². The van der Waals surface area contributed by atoms with Gasteiger partial charge in [0.15, 0.2) is 17.3 Å². The predicted octanol–water partition coefficient (Wildman–Crippen LogP) is 1.44. The van der Waals surface area contributed by atoms with Crippen molar-refractivity contribution in [3.63, 3.8) is 0 Å². The Morgan fingerprint density at radius 3 is 2.60 bits per heavy atom. The van der Waals surface area contributed by atoms with Gasteiger partial charge in [0.2, 0.25) is 5.82 Å². The summed E-state index contributed by atoms with van der Waals surface area (Å²) in [6.07, 6.45) is 0.354. The van der Waals surface area contributed by atoms with E-state index in [0.29, 0.717) is 13.0 Å². The SMILES string of the molecule is CNCCc1cc(OC)c(F)c(O)c1F. The molecule has 0 saturated carbocycles. The van der Waals surface area contributed by atoms with E-state index in [9.17, 15) is 8.78 Å². The van der Waals surface area contributed by atoms with E-state index in [-0.39, 0.29) is 11.3 Å². The zero-order valence-corrected chi connectivity index (χ0v) is 8.60. The summed E-state index contributed by atoms with van der Waals surface area (Å²) in [4.78, 5) is 0. The number of phenols is 1. The molecule has 0 amide bonds. The second-order valence-corrected chi connectivity index (χ2v) is 3.07. The van der Waals surface area contributed by atoms with E-state index >= 15 is 0 Å². The van der Waals surface area contributed by atoms with Crippen LogP contribution in [0.15, 0.2) is 6.07 Å². The van der Waals surface area contributed by atoms with Crippen LogP contribution < -0.4 is 10.1 Å². The molecule has 0 aromatic heterocycles. The van der Waals surface area contributed by atoms with Gasteiger partial charge in [0.1, 0.15) is 0 Å². The first kappa shape index (κ1) is 11.7. The molecule has 15 heavy (non-hydrogen) atoms. The monoisotopic (exact) mass is 217 g/mol. The summed E-state index contributed by atoms with van der Waals surface area (Å²) < 4.78 is 31.1. The Labute approximate surface area is 86.7 Å². The predicted molar refractivity (Wildman–Crippen MR) is 52.2 cm³/mol. The zero-order chi connectivity index (χ0) is 11.4. The fraction of sp³-hybridized carbons (Fsp3) is 0.400. The molecule has 1 rings (SSSR count). The van der Waals surface area contributed by atoms with Crippen LogP contribution in [0.5, 0.6) is 11.5 Å². The van der Waals surface area contributed by atoms with Gasteiger partial charge in [0, 0.05) is 0 Å². The number of aromatic hydroxyl groups is 1. The number of hydrogen-bond acceptors (Lipinski definition) is 3. The van der Waals surface area contributed by atoms with Gasteiger partial charge in [-0.2, -0.15) is 4.39 Å². The summed E-state index contributed by atoms with van der Waals surface area (Å²) in [7, 11) is 2.98. The highest BCUT2D eigenvalue weighted by atomic mass is 19.1. The fourth-order valence-electron chi connectivity index (χ4n) is 1.24. The third-order valence-electron chi connectivity index (χ3n) is 2.08. The van der Waals surface area contributed by atoms with Gasteiger partial charge in [-0.05, 0) is 31.6 Å². The average molecular weight is 217 g/mol. The first-order valence-electron chi connectivity index (χ1n) is 4.50. The van der Waals surface area contributed by atoms with Crippen molar-refractivity contribution in [1.29, 1.82) is 0 Å². The molecule has 0 bridgehead atoms. The van der Waals surface area contributed by atoms with Gasteiger partial charge >= 0.3 is 0 Å². The number of nitrogens with one attached hydrogen (secondary N) is 1. The maximum Gasteiger partial charge on any atom is 0.209 e. The molecule has 0 aliphatic rings. The molecule has 0 radical (unpaired) electrons. The van der Waals surface area contributed by atoms with E-state index in [0.717, 1.165) is 0 Å². The number of ether oxygens (including phenoxy) is 1. The maximum absolute atomic E-state index is 13.3. The van der Waals surface area contributed by atoms with E-state index in [2.05, 4.69) is 10.1 Å². The summed E-state index contributed by atoms with van der Waals surface area (Å²) in [6.45, 7) is 0.533. The normalized spacial score (nSPS) is 10.4. The third kappa shape index (κ3) is 2.36. The lowest BCUT2D eigenvalue weighted by Gasteiger charge is -2.09. The Bertz CT molecular complexity index is 356. The minimum absolute atomic E-state index is 0.153. The second-order valence-electron chi connectivity index (χ2n) is 3.07. The van der Waals surface area contributed by atoms with Crippen molar-refractivity contribution in [3.8, 4) is 11.5 Å². The summed E-state index contributed by atoms with van der Waals surface area (Å²) in [5.74, 6) is -3.13. The van der Waals surface area contributed by atoms with Crippen molar-refractivity contribution in [2.75, 3.05) is 20.7 Å². The minimum atomic E-state index is -1.07. The molecule has 0 fully saturated rings. The Kier molecular flexibility index (Phi) is 3.85. The van der Waals surface area contributed by atoms with Crippen molar-refractivity contribution >= 4 is 0 Å². The van der Waals surface area contributed by atoms with Crippen molar-refractivity contribution in [2.24, 2.45) is 0 Å². The van der Waals surface area contributed by atoms with Gasteiger partial charge in [0.05, 0.1) is 7.11 Å². The van der Waals surface area contributed by atoms with Gasteiger partial charge in [-0.3, -0.25) is 0 Å². The molecule has 0 saturated heterocycles. The molecule has 0 aliphatic heterocycles. The third-order valence-corrected chi connectivity index (χ3v) is 2.08. The molecule has 2 N–H and O–H groups in total. The number of rotatable bonds is 4. The minimum Gasteiger partial charge on any atom is -0.503 e. The lowest BCUT2D eigenvalue weighted by atomic mass is 10.1. The Hall–Kier alpha value is -1.36. The van der Waals surface area contributed by atoms with Crippen LogP contribution in [0.4, 0.5) is 8.78 Å². The second kappa shape index (κ2) is 4.93. The fourth-order valence-corrected chi connectivity index (χ4v) is 1.24. The van der Waals surface area contributed by atoms with Crippen LogP contribution in [0, 0.1) is 11.6 Å². The van der Waals surface area contributed by atoms with Crippen LogP contribution >= 0.6 is 0 Å². The highest BCUT2D eigenvalue weighted by molar-refractivity contribution is 5.41. The quantitative estimate of drug-likeness (QED) is 0.801. The molecule has 3 nitrogen and oxygen atoms in total. The van der Waals surface area contributed by atoms with Crippen LogP contribution in [0.1, 0.15) is 5.56 Å². The van der Waals surface area contributed by atoms with Crippen LogP contribution in [0.25, 0.3) is 0 Å². The zero-order valence-electron chi connectivity index (χ0n) is 8.60. The highest BCUT2D eigenvalue weighted by Gasteiger charge is 2.17. The maximum atomic E-state index is 13.3. The lowest BCUT2D eigenvalue weighted by Crippen LogP contribution is -2.11. The first-order chi connectivity index (χ1) is 7.11. The Balaban J connectivity index is 3.11. The van der Waals surface area contributed by atoms with E-state index in [1.165, 1.54) is 13.2 Å². The molecule has 0 unspecified atom stereocenters. The standard InChI is InChI=1S/C10H13F2NO2/c1-13-4-3-6-5-7(15-2)9(12)10(14)8(6)11/h5,13-14H,3-4H2,1-2H3. The van der Waals surface area contributed by atoms with Gasteiger partial charge in [-0.1, -0.05) is 0 Å². The number of phenolic OH excluding ortho intramolecular Hbond substituents is 1. The first-order valence-corrected chi connectivity index (χ1v) is 4.50. The van der Waals surface area contributed by atoms with Crippen LogP contribution in [0.3, 0.4) is 0 Å². The van der Waals surface area contributed by atoms with E-state index in [1.807, 2.05) is 0 Å². The van der Waals surface area contributed by atoms with Crippen molar-refractivity contribution in [3.05, 3.63) is 23.3 Å². The Morgan fingerprint density at radius 1 is 1.40 bits per heavy atom. The topological polar surface area (TPSA) is 41.5 Å². The molecule has 0 heterocycles. The smallest absolute Gasteiger partial charge is 0.209 e. The summed E-state index contributed by atoms with van der Waals surface area (Å²) in [5, 5.41) is 12.0. The van der Waals surface area contributed by atoms with Crippen molar-refractivity contribution in [2.45, 2.75) is 6.42 Å². The molecule has 0 atom stereocenters. The van der Waals surface area contributed by atoms with Crippen molar-refractivity contribution < 1.29 is 18.6 Å². The van der Waals surface area contributed by atoms with Gasteiger partial charge in [-0.15, -0.1) is 0 Å². The summed E-state index contributed by atoms with van der Waals surface area (Å²) in [6, 6.07) is 1.25. The molecule has 84 valence electrons. The molecule has 1 aromatic rings. The van der Waals surface area contributed by atoms with Crippen LogP contribution in [0.2, 0.25) is 0 Å². The number of likely N-dealkylation sites (N-methyl/N-ethyl adjacent to an activating group) is 1. The van der Waals surface area contributed by atoms with Crippen molar-refractivity contribution in [1.82, 2.24) is 5.32 Å². The summed E-state index contributed by atoms with van der Waals surface area (Å²) in [5.41, 5.74) is 0.222.